The molecule has 0 spiro atoms. The van der Waals surface area contributed by atoms with Crippen molar-refractivity contribution < 1.29 is 129 Å². The number of likely N-dealkylation sites (tertiary alicyclic amines) is 2. The average molecular weight is 1850 g/mol. The van der Waals surface area contributed by atoms with E-state index in [1.54, 1.807) is 110 Å². The highest BCUT2D eigenvalue weighted by Crippen LogP contribution is 2.32. The molecule has 13 N–H and O–H groups in total. The fourth-order valence-electron chi connectivity index (χ4n) is 15.7. The van der Waals surface area contributed by atoms with Crippen LogP contribution in [0.2, 0.25) is 0 Å². The number of carbonyl (C=O) groups excluding carboxylic acids is 17. The van der Waals surface area contributed by atoms with Gasteiger partial charge in [0.2, 0.25) is 76.8 Å². The minimum absolute atomic E-state index is 0.000509. The van der Waals surface area contributed by atoms with E-state index in [1.165, 1.54) is 38.3 Å². The van der Waals surface area contributed by atoms with Crippen LogP contribution in [0.3, 0.4) is 0 Å². The summed E-state index contributed by atoms with van der Waals surface area (Å²) in [6.07, 6.45) is -3.30. The molecule has 16 amide bonds. The summed E-state index contributed by atoms with van der Waals surface area (Å²) in [5, 5.41) is 37.9. The summed E-state index contributed by atoms with van der Waals surface area (Å²) < 4.78 is 49.9. The topological polar surface area (TPSA) is 553 Å². The number of ether oxygens (including phenoxy) is 9. The third-order valence-electron chi connectivity index (χ3n) is 23.3. The van der Waals surface area contributed by atoms with Gasteiger partial charge in [0, 0.05) is 98.2 Å². The Morgan fingerprint density at radius 1 is 0.588 bits per heavy atom. The molecule has 0 bridgehead atoms. The van der Waals surface area contributed by atoms with Crippen LogP contribution in [0.4, 0.5) is 15.3 Å². The van der Waals surface area contributed by atoms with Crippen molar-refractivity contribution in [1.82, 2.24) is 67.5 Å². The third kappa shape index (κ3) is 34.2. The summed E-state index contributed by atoms with van der Waals surface area (Å²) in [6, 6.07) is 1.98. The molecule has 4 saturated heterocycles. The summed E-state index contributed by atoms with van der Waals surface area (Å²) in [5.74, 6) is -12.6. The van der Waals surface area contributed by atoms with Crippen LogP contribution in [-0.4, -0.2) is 319 Å². The van der Waals surface area contributed by atoms with E-state index in [4.69, 9.17) is 48.4 Å². The van der Waals surface area contributed by atoms with Crippen molar-refractivity contribution in [3.8, 4) is 0 Å². The molecular weight excluding hydrogens is 1710 g/mol. The van der Waals surface area contributed by atoms with Gasteiger partial charge in [-0.15, -0.1) is 0 Å². The maximum absolute atomic E-state index is 15.0. The van der Waals surface area contributed by atoms with Crippen LogP contribution in [0.1, 0.15) is 164 Å². The van der Waals surface area contributed by atoms with E-state index in [1.807, 2.05) is 13.8 Å². The lowest BCUT2D eigenvalue weighted by molar-refractivity contribution is -0.148. The highest BCUT2D eigenvalue weighted by Gasteiger charge is 2.46. The number of urea groups is 1. The van der Waals surface area contributed by atoms with Crippen molar-refractivity contribution in [1.29, 1.82) is 0 Å². The molecule has 42 nitrogen and oxygen atoms in total. The van der Waals surface area contributed by atoms with Gasteiger partial charge in [-0.05, 0) is 72.6 Å². The molecule has 4 aliphatic heterocycles. The minimum Gasteiger partial charge on any atom is -0.464 e. The number of benzene rings is 2. The van der Waals surface area contributed by atoms with Crippen molar-refractivity contribution in [3.63, 3.8) is 0 Å². The van der Waals surface area contributed by atoms with Crippen molar-refractivity contribution in [2.45, 2.75) is 232 Å². The Labute approximate surface area is 764 Å². The van der Waals surface area contributed by atoms with Gasteiger partial charge in [0.05, 0.1) is 109 Å². The molecule has 42 heteroatoms. The van der Waals surface area contributed by atoms with Crippen molar-refractivity contribution in [2.24, 2.45) is 41.2 Å². The first-order chi connectivity index (χ1) is 62.3. The zero-order valence-corrected chi connectivity index (χ0v) is 77.7. The fourth-order valence-corrected chi connectivity index (χ4v) is 15.7. The van der Waals surface area contributed by atoms with Gasteiger partial charge in [0.15, 0.2) is 0 Å². The van der Waals surface area contributed by atoms with Crippen LogP contribution < -0.4 is 58.9 Å². The van der Waals surface area contributed by atoms with Gasteiger partial charge in [0.1, 0.15) is 61.0 Å². The number of aliphatic hydroxyl groups is 1. The first kappa shape index (κ1) is 109. The molecule has 0 aliphatic carbocycles. The molecular formula is C89H137N15O27. The Kier molecular flexibility index (Phi) is 45.9. The molecule has 2 aromatic rings. The standard InChI is InChI=1S/C89H137N15O27/c1-15-54(8)75(65(123-13)49-70(109)103-35-20-24-64(103)77(124-14)56(10)78(111)100-73(76(110)58-21-17-16-18-22-58)82(115)97-62-31-39-130-87(62)120)101(11)85(118)72(52(4)5)99-83(116)74(53(6)7)102(12)89(122)131-50-57-25-27-59(28-26-57)93-79(112)60(23-19-33-92-88(90)121)96-81(114)71(51(2)3)98-80(113)63(48-68(107)94-61-30-38-129-86(61)119)95-67(106)32-37-125-41-43-127-45-46-128-44-42-126-40-34-91-66(105)29-36-104-69(108)47-55(9)84(104)117/h16-18,21-22,25-28,51-56,60-65,71-77,110H,15,19-20,23-24,29-50H2,1-14H3,(H,91,105)(H,93,112)(H,94,107)(H,95,106)(H,96,114)(H,97,115)(H,98,113)(H,99,116)(H,100,111)(H3,90,92,121)/t54-,55?,56+,60-,61-,62-,63-,64-,65+,71-,72-,73-,74-,75-,76-,77+/m0/s1. The van der Waals surface area contributed by atoms with Crippen molar-refractivity contribution in [2.75, 3.05) is 126 Å². The SMILES string of the molecule is CC[C@H](C)[C@@H]([C@@H](CC(=O)N1CCC[C@H]1[C@H](OC)[C@@H](C)C(=O)N[C@H](C(=O)N[C@H]1CCOC1=O)[C@@H](O)c1ccccc1)OC)N(C)C(=O)[C@@H](NC(=O)[C@H](C(C)C)N(C)C(=O)OCc1ccc(NC(=O)[C@H](CCCNC(N)=O)NC(=O)[C@@H](NC(=O)[C@H](CC(=O)N[C@H]2CCOC2=O)NC(=O)CCOCCOCCOCCOCCNC(=O)CCN2C(=O)CC(C)C2=O)C(C)C)cc1)C(C)C. The number of cyclic esters (lactones) is 2. The van der Waals surface area contributed by atoms with Gasteiger partial charge in [-0.3, -0.25) is 72.1 Å². The second kappa shape index (κ2) is 55.3. The van der Waals surface area contributed by atoms with Gasteiger partial charge in [-0.2, -0.15) is 0 Å². The number of primary amides is 1. The Balaban J connectivity index is 1.00. The second-order valence-corrected chi connectivity index (χ2v) is 34.1. The molecule has 730 valence electrons. The molecule has 4 aliphatic rings. The Morgan fingerprint density at radius 3 is 1.74 bits per heavy atom. The fraction of sp³-hybridized carbons (Fsp3) is 0.674. The number of methoxy groups -OCH3 is 2. The van der Waals surface area contributed by atoms with Gasteiger partial charge >= 0.3 is 24.1 Å². The summed E-state index contributed by atoms with van der Waals surface area (Å²) in [4.78, 5) is 234. The monoisotopic (exact) mass is 1850 g/mol. The Morgan fingerprint density at radius 2 is 1.18 bits per heavy atom. The van der Waals surface area contributed by atoms with E-state index >= 15 is 4.79 Å². The van der Waals surface area contributed by atoms with Crippen LogP contribution in [0.15, 0.2) is 54.6 Å². The summed E-state index contributed by atoms with van der Waals surface area (Å²) in [7, 11) is 5.82. The molecule has 0 aromatic heterocycles. The van der Waals surface area contributed by atoms with E-state index in [9.17, 15) is 81.8 Å². The lowest BCUT2D eigenvalue weighted by Crippen LogP contribution is -2.60. The maximum Gasteiger partial charge on any atom is 0.410 e. The lowest BCUT2D eigenvalue weighted by Gasteiger charge is -2.41. The molecule has 16 atom stereocenters. The highest BCUT2D eigenvalue weighted by molar-refractivity contribution is 6.04. The normalized spacial score (nSPS) is 18.8. The number of nitrogens with zero attached hydrogens (tertiary/aromatic N) is 4. The van der Waals surface area contributed by atoms with Gasteiger partial charge in [-0.25, -0.2) is 19.2 Å². The Bertz CT molecular complexity index is 4150. The number of nitrogens with two attached hydrogens (primary N) is 1. The first-order valence-corrected chi connectivity index (χ1v) is 44.9. The predicted octanol–water partition coefficient (Wildman–Crippen LogP) is 0.668. The highest BCUT2D eigenvalue weighted by atomic mass is 16.6. The van der Waals surface area contributed by atoms with Crippen LogP contribution in [0, 0.1) is 35.5 Å². The quantitative estimate of drug-likeness (QED) is 0.0187. The van der Waals surface area contributed by atoms with Crippen LogP contribution in [0.5, 0.6) is 0 Å². The smallest absolute Gasteiger partial charge is 0.410 e. The number of likely N-dealkylation sites (N-methyl/N-ethyl adjacent to an activating group) is 2. The molecule has 4 fully saturated rings. The van der Waals surface area contributed by atoms with Crippen molar-refractivity contribution >= 4 is 107 Å². The number of hydrogen-bond acceptors (Lipinski definition) is 27. The molecule has 6 rings (SSSR count). The van der Waals surface area contributed by atoms with Crippen LogP contribution >= 0.6 is 0 Å². The number of esters is 2. The van der Waals surface area contributed by atoms with Crippen LogP contribution in [0.25, 0.3) is 0 Å². The summed E-state index contributed by atoms with van der Waals surface area (Å²) in [5.41, 5.74) is 6.31. The zero-order valence-electron chi connectivity index (χ0n) is 77.7. The van der Waals surface area contributed by atoms with E-state index < -0.39 is 186 Å². The molecule has 4 heterocycles. The van der Waals surface area contributed by atoms with E-state index in [0.29, 0.717) is 36.9 Å². The van der Waals surface area contributed by atoms with Crippen molar-refractivity contribution in [3.05, 3.63) is 65.7 Å². The largest absolute Gasteiger partial charge is 0.464 e. The number of hydrogen-bond donors (Lipinski definition) is 12. The number of rotatable bonds is 57. The second-order valence-electron chi connectivity index (χ2n) is 34.1. The number of aliphatic hydroxyl groups excluding tert-OH is 1. The molecule has 1 unspecified atom stereocenters. The number of carbonyl (C=O) groups is 17. The molecule has 0 saturated carbocycles. The third-order valence-corrected chi connectivity index (χ3v) is 23.3. The van der Waals surface area contributed by atoms with Gasteiger partial charge in [0.25, 0.3) is 0 Å². The number of amides is 16. The lowest BCUT2D eigenvalue weighted by atomic mass is 9.89. The predicted molar refractivity (Wildman–Crippen MR) is 471 cm³/mol. The maximum atomic E-state index is 15.0. The van der Waals surface area contributed by atoms with Gasteiger partial charge < -0.3 is 116 Å². The average Bonchev–Trinajstić information content (AvgIpc) is 1.52. The minimum atomic E-state index is -1.60. The first-order valence-electron chi connectivity index (χ1n) is 44.9. The summed E-state index contributed by atoms with van der Waals surface area (Å²) in [6.45, 7) is 18.8. The Hall–Kier alpha value is -11.0. The number of imide groups is 1. The van der Waals surface area contributed by atoms with E-state index in [2.05, 4.69) is 53.2 Å². The number of anilines is 1. The van der Waals surface area contributed by atoms with Crippen LogP contribution in [-0.2, 0) is 121 Å². The van der Waals surface area contributed by atoms with E-state index in [-0.39, 0.29) is 185 Å². The molecule has 2 aromatic carbocycles. The molecule has 131 heavy (non-hydrogen) atoms. The number of nitrogens with one attached hydrogen (secondary N) is 10. The summed E-state index contributed by atoms with van der Waals surface area (Å²) >= 11 is 0. The zero-order chi connectivity index (χ0) is 96.7. The molecule has 0 radical (unpaired) electrons. The van der Waals surface area contributed by atoms with Gasteiger partial charge in [-0.1, -0.05) is 118 Å². The van der Waals surface area contributed by atoms with E-state index in [0.717, 1.165) is 9.80 Å².